The van der Waals surface area contributed by atoms with Gasteiger partial charge in [0.05, 0.1) is 0 Å². The van der Waals surface area contributed by atoms with Crippen molar-refractivity contribution in [3.05, 3.63) is 65.3 Å². The number of halogens is 1. The molecule has 2 amide bonds. The SMILES string of the molecule is NC1=NC=C(c2cccc(NC(=O)Nc3ccc(Cl)cc3)c2)C1. The van der Waals surface area contributed by atoms with Crippen LogP contribution in [-0.2, 0) is 0 Å². The molecule has 3 rings (SSSR count). The van der Waals surface area contributed by atoms with Gasteiger partial charge in [-0.05, 0) is 47.5 Å². The summed E-state index contributed by atoms with van der Waals surface area (Å²) in [5, 5.41) is 6.17. The van der Waals surface area contributed by atoms with E-state index < -0.39 is 0 Å². The number of hydrogen-bond acceptors (Lipinski definition) is 3. The van der Waals surface area contributed by atoms with E-state index in [0.29, 0.717) is 28.7 Å². The molecule has 0 unspecified atom stereocenters. The molecular formula is C17H15ClN4O. The predicted octanol–water partition coefficient (Wildman–Crippen LogP) is 4.09. The van der Waals surface area contributed by atoms with Crippen LogP contribution in [0, 0.1) is 0 Å². The molecule has 4 N–H and O–H groups in total. The highest BCUT2D eigenvalue weighted by molar-refractivity contribution is 6.30. The van der Waals surface area contributed by atoms with Gasteiger partial charge >= 0.3 is 6.03 Å². The van der Waals surface area contributed by atoms with Crippen LogP contribution in [0.3, 0.4) is 0 Å². The van der Waals surface area contributed by atoms with E-state index in [1.54, 1.807) is 30.5 Å². The van der Waals surface area contributed by atoms with Gasteiger partial charge in [0.15, 0.2) is 0 Å². The molecule has 2 aromatic rings. The lowest BCUT2D eigenvalue weighted by Gasteiger charge is -2.09. The number of nitrogens with one attached hydrogen (secondary N) is 2. The van der Waals surface area contributed by atoms with Gasteiger partial charge in [0.1, 0.15) is 5.84 Å². The zero-order valence-electron chi connectivity index (χ0n) is 12.2. The monoisotopic (exact) mass is 326 g/mol. The zero-order chi connectivity index (χ0) is 16.2. The van der Waals surface area contributed by atoms with Crippen LogP contribution in [0.4, 0.5) is 16.2 Å². The molecule has 1 aliphatic rings. The van der Waals surface area contributed by atoms with Crippen molar-refractivity contribution in [2.75, 3.05) is 10.6 Å². The van der Waals surface area contributed by atoms with Crippen molar-refractivity contribution in [1.82, 2.24) is 0 Å². The summed E-state index contributed by atoms with van der Waals surface area (Å²) in [6, 6.07) is 14.1. The largest absolute Gasteiger partial charge is 0.387 e. The molecule has 23 heavy (non-hydrogen) atoms. The summed E-state index contributed by atoms with van der Waals surface area (Å²) in [7, 11) is 0. The number of urea groups is 1. The Balaban J connectivity index is 1.66. The molecule has 0 saturated carbocycles. The molecule has 0 radical (unpaired) electrons. The Kier molecular flexibility index (Phi) is 4.30. The molecule has 0 bridgehead atoms. The summed E-state index contributed by atoms with van der Waals surface area (Å²) in [6.07, 6.45) is 2.38. The highest BCUT2D eigenvalue weighted by Gasteiger charge is 2.10. The number of carbonyl (C=O) groups excluding carboxylic acids is 1. The Bertz CT molecular complexity index is 796. The van der Waals surface area contributed by atoms with Crippen LogP contribution in [0.25, 0.3) is 5.57 Å². The second kappa shape index (κ2) is 6.54. The van der Waals surface area contributed by atoms with Crippen LogP contribution < -0.4 is 16.4 Å². The lowest BCUT2D eigenvalue weighted by molar-refractivity contribution is 0.262. The van der Waals surface area contributed by atoms with Gasteiger partial charge in [0.2, 0.25) is 0 Å². The molecule has 0 aliphatic carbocycles. The molecule has 0 fully saturated rings. The highest BCUT2D eigenvalue weighted by Crippen LogP contribution is 2.24. The molecule has 116 valence electrons. The van der Waals surface area contributed by atoms with Gasteiger partial charge in [-0.2, -0.15) is 0 Å². The molecule has 0 saturated heterocycles. The van der Waals surface area contributed by atoms with Gasteiger partial charge in [-0.25, -0.2) is 9.79 Å². The molecule has 1 heterocycles. The molecule has 2 aromatic carbocycles. The van der Waals surface area contributed by atoms with Crippen LogP contribution in [0.1, 0.15) is 12.0 Å². The second-order valence-corrected chi connectivity index (χ2v) is 5.55. The molecule has 0 aromatic heterocycles. The van der Waals surface area contributed by atoms with Gasteiger partial charge in [-0.3, -0.25) is 0 Å². The lowest BCUT2D eigenvalue weighted by atomic mass is 10.0. The van der Waals surface area contributed by atoms with Gasteiger partial charge in [-0.15, -0.1) is 0 Å². The fourth-order valence-corrected chi connectivity index (χ4v) is 2.37. The summed E-state index contributed by atoms with van der Waals surface area (Å²) in [4.78, 5) is 16.1. The minimum Gasteiger partial charge on any atom is -0.387 e. The zero-order valence-corrected chi connectivity index (χ0v) is 13.0. The maximum atomic E-state index is 12.0. The number of aliphatic imine (C=N–C) groups is 1. The van der Waals surface area contributed by atoms with Crippen LogP contribution >= 0.6 is 11.6 Å². The van der Waals surface area contributed by atoms with Crippen molar-refractivity contribution < 1.29 is 4.79 Å². The average Bonchev–Trinajstić information content (AvgIpc) is 2.96. The van der Waals surface area contributed by atoms with E-state index in [4.69, 9.17) is 17.3 Å². The minimum atomic E-state index is -0.319. The van der Waals surface area contributed by atoms with Crippen LogP contribution in [0.5, 0.6) is 0 Å². The Morgan fingerprint density at radius 3 is 2.52 bits per heavy atom. The van der Waals surface area contributed by atoms with Crippen molar-refractivity contribution in [2.45, 2.75) is 6.42 Å². The first-order chi connectivity index (χ1) is 11.1. The van der Waals surface area contributed by atoms with Crippen molar-refractivity contribution in [2.24, 2.45) is 10.7 Å². The van der Waals surface area contributed by atoms with E-state index in [2.05, 4.69) is 15.6 Å². The fourth-order valence-electron chi connectivity index (χ4n) is 2.25. The van der Waals surface area contributed by atoms with Crippen molar-refractivity contribution in [1.29, 1.82) is 0 Å². The van der Waals surface area contributed by atoms with E-state index in [-0.39, 0.29) is 6.03 Å². The van der Waals surface area contributed by atoms with E-state index in [1.165, 1.54) is 0 Å². The number of anilines is 2. The first kappa shape index (κ1) is 15.1. The molecular weight excluding hydrogens is 312 g/mol. The lowest BCUT2D eigenvalue weighted by Crippen LogP contribution is -2.19. The van der Waals surface area contributed by atoms with Gasteiger partial charge in [-0.1, -0.05) is 23.7 Å². The summed E-state index contributed by atoms with van der Waals surface area (Å²) < 4.78 is 0. The predicted molar refractivity (Wildman–Crippen MR) is 94.8 cm³/mol. The molecule has 0 spiro atoms. The van der Waals surface area contributed by atoms with Crippen molar-refractivity contribution in [3.8, 4) is 0 Å². The first-order valence-electron chi connectivity index (χ1n) is 7.05. The smallest absolute Gasteiger partial charge is 0.323 e. The van der Waals surface area contributed by atoms with Crippen molar-refractivity contribution >= 4 is 40.4 Å². The maximum absolute atomic E-state index is 12.0. The average molecular weight is 327 g/mol. The van der Waals surface area contributed by atoms with Crippen molar-refractivity contribution in [3.63, 3.8) is 0 Å². The number of nitrogens with zero attached hydrogens (tertiary/aromatic N) is 1. The Morgan fingerprint density at radius 2 is 1.83 bits per heavy atom. The standard InChI is InChI=1S/C17H15ClN4O/c18-13-4-6-14(7-5-13)21-17(23)22-15-3-1-2-11(8-15)12-9-16(19)20-10-12/h1-8,10H,9H2,(H2,19,20)(H2,21,22,23). The first-order valence-corrected chi connectivity index (χ1v) is 7.43. The minimum absolute atomic E-state index is 0.319. The molecule has 1 aliphatic heterocycles. The van der Waals surface area contributed by atoms with Crippen LogP contribution in [0.15, 0.2) is 59.7 Å². The van der Waals surface area contributed by atoms with Crippen LogP contribution in [-0.4, -0.2) is 11.9 Å². The van der Waals surface area contributed by atoms with E-state index >= 15 is 0 Å². The van der Waals surface area contributed by atoms with E-state index in [1.807, 2.05) is 24.3 Å². The maximum Gasteiger partial charge on any atom is 0.323 e. The Labute approximate surface area is 138 Å². The molecule has 5 nitrogen and oxygen atoms in total. The highest BCUT2D eigenvalue weighted by atomic mass is 35.5. The second-order valence-electron chi connectivity index (χ2n) is 5.12. The normalized spacial score (nSPS) is 13.3. The number of amidine groups is 1. The third-order valence-electron chi connectivity index (χ3n) is 3.35. The number of carbonyl (C=O) groups is 1. The summed E-state index contributed by atoms with van der Waals surface area (Å²) >= 11 is 5.82. The topological polar surface area (TPSA) is 79.5 Å². The number of hydrogen-bond donors (Lipinski definition) is 3. The van der Waals surface area contributed by atoms with Gasteiger partial charge < -0.3 is 16.4 Å². The molecule has 0 atom stereocenters. The van der Waals surface area contributed by atoms with E-state index in [0.717, 1.165) is 11.1 Å². The Hall–Kier alpha value is -2.79. The molecule has 6 heteroatoms. The third kappa shape index (κ3) is 3.90. The quantitative estimate of drug-likeness (QED) is 0.794. The Morgan fingerprint density at radius 1 is 1.09 bits per heavy atom. The van der Waals surface area contributed by atoms with Crippen LogP contribution in [0.2, 0.25) is 5.02 Å². The number of nitrogens with two attached hydrogens (primary N) is 1. The number of amides is 2. The third-order valence-corrected chi connectivity index (χ3v) is 3.60. The summed E-state index contributed by atoms with van der Waals surface area (Å²) in [5.74, 6) is 0.596. The van der Waals surface area contributed by atoms with Gasteiger partial charge in [0.25, 0.3) is 0 Å². The van der Waals surface area contributed by atoms with E-state index in [9.17, 15) is 4.79 Å². The van der Waals surface area contributed by atoms with Gasteiger partial charge in [0, 0.05) is 29.0 Å². The number of rotatable bonds is 3. The number of benzene rings is 2. The fraction of sp³-hybridized carbons (Fsp3) is 0.0588. The summed E-state index contributed by atoms with van der Waals surface area (Å²) in [5.41, 5.74) is 9.07. The summed E-state index contributed by atoms with van der Waals surface area (Å²) in [6.45, 7) is 0.